The monoisotopic (exact) mass is 250 g/mol. The van der Waals surface area contributed by atoms with Crippen LogP contribution < -0.4 is 5.32 Å². The van der Waals surface area contributed by atoms with Gasteiger partial charge in [0.05, 0.1) is 6.20 Å². The molecule has 1 saturated carbocycles. The molecule has 100 valence electrons. The van der Waals surface area contributed by atoms with Crippen LogP contribution in [0.5, 0.6) is 0 Å². The van der Waals surface area contributed by atoms with Crippen LogP contribution in [0.15, 0.2) is 18.5 Å². The molecule has 0 amide bonds. The van der Waals surface area contributed by atoms with Crippen LogP contribution >= 0.6 is 0 Å². The molecular weight excluding hydrogens is 227 g/mol. The predicted octanol–water partition coefficient (Wildman–Crippen LogP) is 3.84. The fraction of sp³-hybridized carbons (Fsp3) is 0.667. The third-order valence-electron chi connectivity index (χ3n) is 3.92. The lowest BCUT2D eigenvalue weighted by molar-refractivity contribution is 0.298. The Hall–Kier alpha value is -0.960. The molecule has 1 aliphatic rings. The number of rotatable bonds is 5. The standard InChI is InChI=1S/C15H23FN2/c1-2-18-15(10-12-6-4-3-5-7-12)13-8-9-17-11-14(13)16/h8-9,11-12,15,18H,2-7,10H2,1H3. The summed E-state index contributed by atoms with van der Waals surface area (Å²) in [5.74, 6) is 0.564. The van der Waals surface area contributed by atoms with Crippen LogP contribution in [-0.4, -0.2) is 11.5 Å². The van der Waals surface area contributed by atoms with Gasteiger partial charge in [-0.15, -0.1) is 0 Å². The Morgan fingerprint density at radius 2 is 2.17 bits per heavy atom. The quantitative estimate of drug-likeness (QED) is 0.858. The largest absolute Gasteiger partial charge is 0.310 e. The molecule has 0 radical (unpaired) electrons. The fourth-order valence-electron chi connectivity index (χ4n) is 2.99. The van der Waals surface area contributed by atoms with Gasteiger partial charge in [-0.05, 0) is 24.9 Å². The zero-order chi connectivity index (χ0) is 12.8. The van der Waals surface area contributed by atoms with Crippen molar-refractivity contribution >= 4 is 0 Å². The van der Waals surface area contributed by atoms with Crippen LogP contribution in [0.2, 0.25) is 0 Å². The molecule has 1 aromatic heterocycles. The topological polar surface area (TPSA) is 24.9 Å². The highest BCUT2D eigenvalue weighted by Gasteiger charge is 2.21. The lowest BCUT2D eigenvalue weighted by Crippen LogP contribution is -2.25. The second-order valence-corrected chi connectivity index (χ2v) is 5.25. The summed E-state index contributed by atoms with van der Waals surface area (Å²) >= 11 is 0. The van der Waals surface area contributed by atoms with Gasteiger partial charge in [0.25, 0.3) is 0 Å². The fourth-order valence-corrected chi connectivity index (χ4v) is 2.99. The first-order valence-electron chi connectivity index (χ1n) is 7.14. The summed E-state index contributed by atoms with van der Waals surface area (Å²) in [5, 5.41) is 3.42. The molecule has 3 heteroatoms. The van der Waals surface area contributed by atoms with Gasteiger partial charge in [-0.3, -0.25) is 4.98 Å². The van der Waals surface area contributed by atoms with Gasteiger partial charge in [0.1, 0.15) is 5.82 Å². The van der Waals surface area contributed by atoms with E-state index in [2.05, 4.69) is 17.2 Å². The maximum absolute atomic E-state index is 13.8. The summed E-state index contributed by atoms with van der Waals surface area (Å²) in [6.07, 6.45) is 10.7. The minimum Gasteiger partial charge on any atom is -0.310 e. The van der Waals surface area contributed by atoms with Gasteiger partial charge in [0.2, 0.25) is 0 Å². The Balaban J connectivity index is 2.05. The highest BCUT2D eigenvalue weighted by atomic mass is 19.1. The maximum Gasteiger partial charge on any atom is 0.146 e. The summed E-state index contributed by atoms with van der Waals surface area (Å²) in [5.41, 5.74) is 0.775. The minimum absolute atomic E-state index is 0.140. The Labute approximate surface area is 109 Å². The van der Waals surface area contributed by atoms with E-state index in [1.54, 1.807) is 6.20 Å². The summed E-state index contributed by atoms with van der Waals surface area (Å²) < 4.78 is 13.8. The van der Waals surface area contributed by atoms with Gasteiger partial charge in [-0.2, -0.15) is 0 Å². The molecule has 1 unspecified atom stereocenters. The lowest BCUT2D eigenvalue weighted by Gasteiger charge is -2.27. The Kier molecular flexibility index (Phi) is 5.12. The van der Waals surface area contributed by atoms with E-state index in [1.165, 1.54) is 38.3 Å². The van der Waals surface area contributed by atoms with Crippen molar-refractivity contribution in [1.29, 1.82) is 0 Å². The minimum atomic E-state index is -0.181. The van der Waals surface area contributed by atoms with E-state index < -0.39 is 0 Å². The van der Waals surface area contributed by atoms with E-state index >= 15 is 0 Å². The van der Waals surface area contributed by atoms with Crippen LogP contribution in [-0.2, 0) is 0 Å². The number of aromatic nitrogens is 1. The maximum atomic E-state index is 13.8. The van der Waals surface area contributed by atoms with Gasteiger partial charge in [-0.1, -0.05) is 39.0 Å². The van der Waals surface area contributed by atoms with E-state index in [9.17, 15) is 4.39 Å². The van der Waals surface area contributed by atoms with E-state index in [4.69, 9.17) is 0 Å². The van der Waals surface area contributed by atoms with Crippen LogP contribution in [0.25, 0.3) is 0 Å². The molecule has 0 spiro atoms. The van der Waals surface area contributed by atoms with E-state index in [-0.39, 0.29) is 11.9 Å². The molecule has 2 nitrogen and oxygen atoms in total. The van der Waals surface area contributed by atoms with Gasteiger partial charge < -0.3 is 5.32 Å². The predicted molar refractivity (Wildman–Crippen MR) is 71.8 cm³/mol. The van der Waals surface area contributed by atoms with Gasteiger partial charge in [0.15, 0.2) is 0 Å². The molecule has 18 heavy (non-hydrogen) atoms. The molecule has 1 N–H and O–H groups in total. The first kappa shape index (κ1) is 13.5. The second-order valence-electron chi connectivity index (χ2n) is 5.25. The number of halogens is 1. The number of nitrogens with zero attached hydrogens (tertiary/aromatic N) is 1. The van der Waals surface area contributed by atoms with Crippen LogP contribution in [0, 0.1) is 11.7 Å². The Bertz CT molecular complexity index is 361. The van der Waals surface area contributed by atoms with E-state index in [1.807, 2.05) is 6.07 Å². The number of hydrogen-bond donors (Lipinski definition) is 1. The van der Waals surface area contributed by atoms with E-state index in [0.717, 1.165) is 24.4 Å². The smallest absolute Gasteiger partial charge is 0.146 e. The molecule has 0 saturated heterocycles. The highest BCUT2D eigenvalue weighted by molar-refractivity contribution is 5.17. The zero-order valence-electron chi connectivity index (χ0n) is 11.2. The van der Waals surface area contributed by atoms with Crippen molar-refractivity contribution < 1.29 is 4.39 Å². The molecule has 1 heterocycles. The molecule has 1 fully saturated rings. The number of pyridine rings is 1. The molecule has 0 bridgehead atoms. The van der Waals surface area contributed by atoms with Gasteiger partial charge >= 0.3 is 0 Å². The summed E-state index contributed by atoms with van der Waals surface area (Å²) in [6, 6.07) is 1.95. The number of hydrogen-bond acceptors (Lipinski definition) is 2. The highest BCUT2D eigenvalue weighted by Crippen LogP contribution is 2.32. The normalized spacial score (nSPS) is 18.8. The molecule has 0 aliphatic heterocycles. The molecule has 0 aromatic carbocycles. The van der Waals surface area contributed by atoms with Crippen LogP contribution in [0.4, 0.5) is 4.39 Å². The van der Waals surface area contributed by atoms with Gasteiger partial charge in [-0.25, -0.2) is 4.39 Å². The van der Waals surface area contributed by atoms with Gasteiger partial charge in [0, 0.05) is 17.8 Å². The van der Waals surface area contributed by atoms with Crippen molar-refractivity contribution in [1.82, 2.24) is 10.3 Å². The Morgan fingerprint density at radius 1 is 1.39 bits per heavy atom. The first-order chi connectivity index (χ1) is 8.81. The van der Waals surface area contributed by atoms with Crippen molar-refractivity contribution in [2.45, 2.75) is 51.5 Å². The first-order valence-corrected chi connectivity index (χ1v) is 7.14. The summed E-state index contributed by atoms with van der Waals surface area (Å²) in [6.45, 7) is 2.95. The average Bonchev–Trinajstić information content (AvgIpc) is 2.40. The zero-order valence-corrected chi connectivity index (χ0v) is 11.2. The number of nitrogens with one attached hydrogen (secondary N) is 1. The van der Waals surface area contributed by atoms with Crippen molar-refractivity contribution in [3.63, 3.8) is 0 Å². The van der Waals surface area contributed by atoms with Crippen LogP contribution in [0.1, 0.15) is 57.1 Å². The molecule has 1 atom stereocenters. The second kappa shape index (κ2) is 6.83. The SMILES string of the molecule is CCNC(CC1CCCCC1)c1ccncc1F. The summed E-state index contributed by atoms with van der Waals surface area (Å²) in [7, 11) is 0. The lowest BCUT2D eigenvalue weighted by atomic mass is 9.83. The van der Waals surface area contributed by atoms with Crippen molar-refractivity contribution in [3.8, 4) is 0 Å². The molecule has 1 aromatic rings. The third-order valence-corrected chi connectivity index (χ3v) is 3.92. The van der Waals surface area contributed by atoms with Crippen molar-refractivity contribution in [3.05, 3.63) is 29.8 Å². The molecular formula is C15H23FN2. The van der Waals surface area contributed by atoms with E-state index in [0.29, 0.717) is 0 Å². The average molecular weight is 250 g/mol. The van der Waals surface area contributed by atoms with Crippen molar-refractivity contribution in [2.75, 3.05) is 6.54 Å². The van der Waals surface area contributed by atoms with Crippen molar-refractivity contribution in [2.24, 2.45) is 5.92 Å². The molecule has 1 aliphatic carbocycles. The molecule has 2 rings (SSSR count). The summed E-state index contributed by atoms with van der Waals surface area (Å²) in [4.78, 5) is 3.83. The Morgan fingerprint density at radius 3 is 2.83 bits per heavy atom. The third kappa shape index (κ3) is 3.52. The van der Waals surface area contributed by atoms with Crippen LogP contribution in [0.3, 0.4) is 0 Å².